The summed E-state index contributed by atoms with van der Waals surface area (Å²) in [4.78, 5) is 15.2. The molecule has 108 valence electrons. The van der Waals surface area contributed by atoms with Crippen molar-refractivity contribution < 1.29 is 27.4 Å². The van der Waals surface area contributed by atoms with E-state index in [2.05, 4.69) is 9.73 Å². The Hall–Kier alpha value is -1.27. The first kappa shape index (κ1) is 14.1. The molecule has 7 heteroatoms. The van der Waals surface area contributed by atoms with Crippen molar-refractivity contribution in [3.05, 3.63) is 0 Å². The average Bonchev–Trinajstić information content (AvgIpc) is 2.84. The lowest BCUT2D eigenvalue weighted by Gasteiger charge is -2.41. The Kier molecular flexibility index (Phi) is 3.73. The first-order valence-corrected chi connectivity index (χ1v) is 6.27. The molecule has 1 aliphatic heterocycles. The number of nitrogens with zero attached hydrogens (tertiary/aromatic N) is 1. The molecule has 1 fully saturated rings. The second-order valence-electron chi connectivity index (χ2n) is 4.92. The molecule has 2 aliphatic rings. The molecule has 0 amide bonds. The van der Waals surface area contributed by atoms with Crippen LogP contribution in [0.1, 0.15) is 32.1 Å². The molecule has 0 unspecified atom stereocenters. The van der Waals surface area contributed by atoms with Gasteiger partial charge in [-0.25, -0.2) is 9.79 Å². The minimum atomic E-state index is -4.66. The van der Waals surface area contributed by atoms with Gasteiger partial charge in [0.1, 0.15) is 0 Å². The number of halogens is 3. The van der Waals surface area contributed by atoms with Crippen LogP contribution in [0.3, 0.4) is 0 Å². The normalized spacial score (nSPS) is 32.1. The third-order valence-electron chi connectivity index (χ3n) is 3.94. The quantitative estimate of drug-likeness (QED) is 0.729. The molecule has 0 spiro atoms. The van der Waals surface area contributed by atoms with Gasteiger partial charge >= 0.3 is 12.1 Å². The molecule has 0 aromatic heterocycles. The average molecular weight is 279 g/mol. The Bertz CT molecular complexity index is 377. The summed E-state index contributed by atoms with van der Waals surface area (Å²) in [5.41, 5.74) is -2.56. The van der Waals surface area contributed by atoms with Gasteiger partial charge in [0.2, 0.25) is 5.60 Å². The second kappa shape index (κ2) is 5.02. The summed E-state index contributed by atoms with van der Waals surface area (Å²) in [7, 11) is 1.05. The van der Waals surface area contributed by atoms with Crippen molar-refractivity contribution in [1.82, 2.24) is 0 Å². The first-order chi connectivity index (χ1) is 8.93. The van der Waals surface area contributed by atoms with Gasteiger partial charge in [-0.15, -0.1) is 0 Å². The van der Waals surface area contributed by atoms with Crippen LogP contribution in [-0.4, -0.2) is 37.3 Å². The fraction of sp³-hybridized carbons (Fsp3) is 0.833. The molecule has 1 aliphatic carbocycles. The van der Waals surface area contributed by atoms with Gasteiger partial charge in [-0.2, -0.15) is 13.2 Å². The Morgan fingerprint density at radius 1 is 1.37 bits per heavy atom. The van der Waals surface area contributed by atoms with Crippen molar-refractivity contribution >= 4 is 12.4 Å². The van der Waals surface area contributed by atoms with Gasteiger partial charge in [0.05, 0.1) is 7.11 Å². The van der Waals surface area contributed by atoms with Crippen molar-refractivity contribution in [2.45, 2.75) is 49.9 Å². The van der Waals surface area contributed by atoms with E-state index < -0.39 is 29.7 Å². The molecular formula is C12H16F3NO3. The highest BCUT2D eigenvalue weighted by Gasteiger charge is 2.70. The number of hydrogen-bond acceptors (Lipinski definition) is 4. The van der Waals surface area contributed by atoms with Gasteiger partial charge in [-0.3, -0.25) is 0 Å². The summed E-state index contributed by atoms with van der Waals surface area (Å²) in [6.07, 6.45) is -0.825. The number of esters is 1. The molecule has 4 nitrogen and oxygen atoms in total. The summed E-state index contributed by atoms with van der Waals surface area (Å²) < 4.78 is 49.9. The highest BCUT2D eigenvalue weighted by atomic mass is 19.4. The van der Waals surface area contributed by atoms with Crippen LogP contribution in [0.15, 0.2) is 4.99 Å². The molecule has 0 bridgehead atoms. The molecule has 0 aromatic carbocycles. The van der Waals surface area contributed by atoms with Crippen LogP contribution in [0.2, 0.25) is 0 Å². The summed E-state index contributed by atoms with van der Waals surface area (Å²) in [6, 6.07) is -1.65. The van der Waals surface area contributed by atoms with Crippen LogP contribution < -0.4 is 0 Å². The Labute approximate surface area is 109 Å². The van der Waals surface area contributed by atoms with E-state index in [0.717, 1.165) is 19.9 Å². The molecule has 19 heavy (non-hydrogen) atoms. The smallest absolute Gasteiger partial charge is 0.431 e. The molecule has 2 atom stereocenters. The Morgan fingerprint density at radius 3 is 2.53 bits per heavy atom. The van der Waals surface area contributed by atoms with Crippen molar-refractivity contribution in [2.75, 3.05) is 7.11 Å². The fourth-order valence-corrected chi connectivity index (χ4v) is 3.01. The van der Waals surface area contributed by atoms with Crippen LogP contribution in [-0.2, 0) is 14.3 Å². The highest BCUT2D eigenvalue weighted by molar-refractivity contribution is 5.81. The number of rotatable bonds is 2. The van der Waals surface area contributed by atoms with Crippen LogP contribution in [0, 0.1) is 5.92 Å². The van der Waals surface area contributed by atoms with Crippen molar-refractivity contribution in [3.63, 3.8) is 0 Å². The predicted octanol–water partition coefficient (Wildman–Crippen LogP) is 2.47. The summed E-state index contributed by atoms with van der Waals surface area (Å²) in [6.45, 7) is 0. The zero-order valence-corrected chi connectivity index (χ0v) is 10.6. The van der Waals surface area contributed by atoms with Gasteiger partial charge in [0, 0.05) is 5.92 Å². The molecular weight excluding hydrogens is 263 g/mol. The minimum absolute atomic E-state index is 0.385. The fourth-order valence-electron chi connectivity index (χ4n) is 3.01. The topological polar surface area (TPSA) is 47.9 Å². The number of ether oxygens (including phenoxy) is 2. The molecule has 0 aromatic rings. The number of hydrogen-bond donors (Lipinski definition) is 0. The van der Waals surface area contributed by atoms with E-state index in [1.807, 2.05) is 0 Å². The number of aliphatic imine (C=N–C) groups is 1. The lowest BCUT2D eigenvalue weighted by atomic mass is 9.72. The number of carbonyl (C=O) groups is 1. The van der Waals surface area contributed by atoms with Crippen molar-refractivity contribution in [3.8, 4) is 0 Å². The molecule has 0 saturated heterocycles. The van der Waals surface area contributed by atoms with E-state index in [0.29, 0.717) is 25.7 Å². The van der Waals surface area contributed by atoms with Gasteiger partial charge in [0.25, 0.3) is 0 Å². The Morgan fingerprint density at radius 2 is 2.00 bits per heavy atom. The zero-order valence-electron chi connectivity index (χ0n) is 10.6. The van der Waals surface area contributed by atoms with Crippen LogP contribution in [0.5, 0.6) is 0 Å². The lowest BCUT2D eigenvalue weighted by molar-refractivity contribution is -0.275. The van der Waals surface area contributed by atoms with Crippen molar-refractivity contribution in [2.24, 2.45) is 10.9 Å². The maximum Gasteiger partial charge on any atom is 0.431 e. The van der Waals surface area contributed by atoms with Gasteiger partial charge in [-0.05, 0) is 12.8 Å². The number of methoxy groups -OCH3 is 1. The summed E-state index contributed by atoms with van der Waals surface area (Å²) in [5, 5.41) is 0. The second-order valence-corrected chi connectivity index (χ2v) is 4.92. The van der Waals surface area contributed by atoms with E-state index in [4.69, 9.17) is 4.74 Å². The number of alkyl halides is 3. The van der Waals surface area contributed by atoms with Gasteiger partial charge < -0.3 is 9.47 Å². The third-order valence-corrected chi connectivity index (χ3v) is 3.94. The van der Waals surface area contributed by atoms with Crippen LogP contribution >= 0.6 is 0 Å². The number of carbonyl (C=O) groups excluding carboxylic acids is 1. The molecule has 1 saturated carbocycles. The first-order valence-electron chi connectivity index (χ1n) is 6.27. The van der Waals surface area contributed by atoms with Gasteiger partial charge in [-0.1, -0.05) is 19.3 Å². The monoisotopic (exact) mass is 279 g/mol. The van der Waals surface area contributed by atoms with Crippen LogP contribution in [0.25, 0.3) is 0 Å². The predicted molar refractivity (Wildman–Crippen MR) is 60.7 cm³/mol. The van der Waals surface area contributed by atoms with E-state index in [1.165, 1.54) is 0 Å². The van der Waals surface area contributed by atoms with Crippen LogP contribution in [0.4, 0.5) is 13.2 Å². The standard InChI is InChI=1S/C12H16F3NO3/c1-18-10(17)9-11(12(13,14)15,19-7-16-9)8-5-3-2-4-6-8/h7-9H,2-6H2,1H3/t9-,11+/m1/s1. The molecule has 0 radical (unpaired) electrons. The van der Waals surface area contributed by atoms with E-state index in [9.17, 15) is 18.0 Å². The SMILES string of the molecule is COC(=O)[C@H]1N=CO[C@]1(C1CCCCC1)C(F)(F)F. The summed E-state index contributed by atoms with van der Waals surface area (Å²) in [5.74, 6) is -1.76. The van der Waals surface area contributed by atoms with Gasteiger partial charge in [0.15, 0.2) is 12.4 Å². The summed E-state index contributed by atoms with van der Waals surface area (Å²) >= 11 is 0. The maximum absolute atomic E-state index is 13.5. The molecule has 0 N–H and O–H groups in total. The molecule has 2 rings (SSSR count). The Balaban J connectivity index is 2.37. The zero-order chi connectivity index (χ0) is 14.1. The van der Waals surface area contributed by atoms with Crippen molar-refractivity contribution in [1.29, 1.82) is 0 Å². The lowest BCUT2D eigenvalue weighted by Crippen LogP contribution is -2.61. The third kappa shape index (κ3) is 2.19. The highest BCUT2D eigenvalue weighted by Crippen LogP contribution is 2.50. The van der Waals surface area contributed by atoms with E-state index in [1.54, 1.807) is 0 Å². The van der Waals surface area contributed by atoms with E-state index >= 15 is 0 Å². The van der Waals surface area contributed by atoms with E-state index in [-0.39, 0.29) is 0 Å². The largest absolute Gasteiger partial charge is 0.467 e. The molecule has 1 heterocycles. The maximum atomic E-state index is 13.5. The minimum Gasteiger partial charge on any atom is -0.467 e.